The van der Waals surface area contributed by atoms with E-state index in [1.54, 1.807) is 13.1 Å². The lowest BCUT2D eigenvalue weighted by atomic mass is 10.1. The molecule has 1 heterocycles. The van der Waals surface area contributed by atoms with Crippen LogP contribution in [-0.4, -0.2) is 49.0 Å². The third-order valence-electron chi connectivity index (χ3n) is 3.64. The molecule has 1 saturated heterocycles. The normalized spacial score (nSPS) is 14.9. The van der Waals surface area contributed by atoms with E-state index in [0.717, 1.165) is 19.6 Å². The van der Waals surface area contributed by atoms with E-state index < -0.39 is 4.92 Å². The molecule has 0 aliphatic carbocycles. The van der Waals surface area contributed by atoms with Crippen LogP contribution in [0.25, 0.3) is 0 Å². The molecule has 7 nitrogen and oxygen atoms in total. The zero-order valence-electron chi connectivity index (χ0n) is 12.1. The number of likely N-dealkylation sites (tertiary alicyclic amines) is 1. The highest BCUT2D eigenvalue weighted by Crippen LogP contribution is 2.21. The van der Waals surface area contributed by atoms with Crippen molar-refractivity contribution in [2.75, 3.05) is 38.5 Å². The summed E-state index contributed by atoms with van der Waals surface area (Å²) >= 11 is 0. The first kappa shape index (κ1) is 15.2. The van der Waals surface area contributed by atoms with Gasteiger partial charge in [0.05, 0.1) is 10.5 Å². The summed E-state index contributed by atoms with van der Waals surface area (Å²) in [5.41, 5.74) is 0.797. The molecule has 1 aromatic carbocycles. The molecule has 1 aliphatic heterocycles. The van der Waals surface area contributed by atoms with Crippen LogP contribution in [-0.2, 0) is 0 Å². The second-order valence-corrected chi connectivity index (χ2v) is 5.04. The number of rotatable bonds is 6. The van der Waals surface area contributed by atoms with Crippen LogP contribution >= 0.6 is 0 Å². The van der Waals surface area contributed by atoms with Crippen LogP contribution in [0.15, 0.2) is 18.2 Å². The summed E-state index contributed by atoms with van der Waals surface area (Å²) in [6.45, 7) is 3.52. The second kappa shape index (κ2) is 7.03. The van der Waals surface area contributed by atoms with Gasteiger partial charge in [0, 0.05) is 38.0 Å². The number of nitro groups is 1. The van der Waals surface area contributed by atoms with E-state index in [4.69, 9.17) is 0 Å². The quantitative estimate of drug-likeness (QED) is 0.612. The minimum atomic E-state index is -0.500. The summed E-state index contributed by atoms with van der Waals surface area (Å²) in [5, 5.41) is 16.5. The van der Waals surface area contributed by atoms with Gasteiger partial charge in [0.15, 0.2) is 0 Å². The maximum Gasteiger partial charge on any atom is 0.270 e. The van der Waals surface area contributed by atoms with E-state index >= 15 is 0 Å². The average Bonchev–Trinajstić information content (AvgIpc) is 2.99. The molecule has 0 radical (unpaired) electrons. The van der Waals surface area contributed by atoms with Crippen LogP contribution in [0.5, 0.6) is 0 Å². The third-order valence-corrected chi connectivity index (χ3v) is 3.64. The zero-order valence-corrected chi connectivity index (χ0v) is 12.1. The fourth-order valence-corrected chi connectivity index (χ4v) is 2.48. The van der Waals surface area contributed by atoms with Crippen LogP contribution in [0, 0.1) is 10.1 Å². The van der Waals surface area contributed by atoms with Gasteiger partial charge in [-0.1, -0.05) is 0 Å². The van der Waals surface area contributed by atoms with Gasteiger partial charge in [-0.05, 0) is 32.0 Å². The molecule has 21 heavy (non-hydrogen) atoms. The Morgan fingerprint density at radius 1 is 1.38 bits per heavy atom. The lowest BCUT2D eigenvalue weighted by molar-refractivity contribution is -0.384. The average molecular weight is 292 g/mol. The minimum absolute atomic E-state index is 0.0845. The predicted octanol–water partition coefficient (Wildman–Crippen LogP) is 1.46. The van der Waals surface area contributed by atoms with Gasteiger partial charge in [-0.2, -0.15) is 0 Å². The number of carbonyl (C=O) groups excluding carboxylic acids is 1. The Morgan fingerprint density at radius 2 is 2.10 bits per heavy atom. The van der Waals surface area contributed by atoms with Crippen LogP contribution in [0.1, 0.15) is 23.2 Å². The number of hydrogen-bond acceptors (Lipinski definition) is 5. The summed E-state index contributed by atoms with van der Waals surface area (Å²) in [7, 11) is 1.68. The van der Waals surface area contributed by atoms with Crippen LogP contribution in [0.4, 0.5) is 11.4 Å². The Labute approximate surface area is 123 Å². The highest BCUT2D eigenvalue weighted by Gasteiger charge is 2.17. The van der Waals surface area contributed by atoms with Crippen molar-refractivity contribution in [2.45, 2.75) is 12.8 Å². The van der Waals surface area contributed by atoms with E-state index in [9.17, 15) is 14.9 Å². The maximum absolute atomic E-state index is 12.2. The van der Waals surface area contributed by atoms with Crippen LogP contribution < -0.4 is 10.6 Å². The molecule has 0 atom stereocenters. The van der Waals surface area contributed by atoms with Crippen molar-refractivity contribution in [2.24, 2.45) is 0 Å². The number of benzene rings is 1. The van der Waals surface area contributed by atoms with Crippen molar-refractivity contribution >= 4 is 17.3 Å². The van der Waals surface area contributed by atoms with E-state index in [0.29, 0.717) is 17.8 Å². The molecule has 2 rings (SSSR count). The first-order valence-electron chi connectivity index (χ1n) is 7.08. The van der Waals surface area contributed by atoms with Gasteiger partial charge >= 0.3 is 0 Å². The topological polar surface area (TPSA) is 87.5 Å². The predicted molar refractivity (Wildman–Crippen MR) is 80.7 cm³/mol. The monoisotopic (exact) mass is 292 g/mol. The Bertz CT molecular complexity index is 527. The first-order chi connectivity index (χ1) is 10.1. The number of non-ortho nitro benzene ring substituents is 1. The molecule has 1 aliphatic rings. The van der Waals surface area contributed by atoms with E-state index in [2.05, 4.69) is 15.5 Å². The molecule has 2 N–H and O–H groups in total. The molecule has 1 amide bonds. The highest BCUT2D eigenvalue weighted by atomic mass is 16.6. The van der Waals surface area contributed by atoms with Crippen LogP contribution in [0.3, 0.4) is 0 Å². The Morgan fingerprint density at radius 3 is 2.71 bits per heavy atom. The number of nitro benzene ring substituents is 1. The lowest BCUT2D eigenvalue weighted by Gasteiger charge is -2.15. The molecule has 0 saturated carbocycles. The van der Waals surface area contributed by atoms with Crippen molar-refractivity contribution in [1.29, 1.82) is 0 Å². The van der Waals surface area contributed by atoms with Gasteiger partial charge in [-0.15, -0.1) is 0 Å². The van der Waals surface area contributed by atoms with E-state index in [1.807, 2.05) is 0 Å². The van der Waals surface area contributed by atoms with Crippen molar-refractivity contribution in [3.8, 4) is 0 Å². The molecule has 114 valence electrons. The number of carbonyl (C=O) groups is 1. The van der Waals surface area contributed by atoms with Crippen molar-refractivity contribution in [3.63, 3.8) is 0 Å². The van der Waals surface area contributed by atoms with E-state index in [1.165, 1.54) is 25.0 Å². The summed E-state index contributed by atoms with van der Waals surface area (Å²) in [6.07, 6.45) is 2.42. The summed E-state index contributed by atoms with van der Waals surface area (Å²) in [6, 6.07) is 4.23. The highest BCUT2D eigenvalue weighted by molar-refractivity contribution is 6.00. The molecular weight excluding hydrogens is 272 g/mol. The molecule has 1 fully saturated rings. The lowest BCUT2D eigenvalue weighted by Crippen LogP contribution is -2.33. The fraction of sp³-hybridized carbons (Fsp3) is 0.500. The Balaban J connectivity index is 1.99. The molecule has 1 aromatic rings. The van der Waals surface area contributed by atoms with Gasteiger partial charge in [0.25, 0.3) is 11.6 Å². The SMILES string of the molecule is CNc1ccc([N+](=O)[O-])cc1C(=O)NCCN1CCCC1. The first-order valence-corrected chi connectivity index (χ1v) is 7.08. The zero-order chi connectivity index (χ0) is 15.2. The van der Waals surface area contributed by atoms with Crippen molar-refractivity contribution in [1.82, 2.24) is 10.2 Å². The van der Waals surface area contributed by atoms with Gasteiger partial charge in [-0.25, -0.2) is 0 Å². The largest absolute Gasteiger partial charge is 0.387 e. The second-order valence-electron chi connectivity index (χ2n) is 5.04. The fourth-order valence-electron chi connectivity index (χ4n) is 2.48. The molecule has 0 unspecified atom stereocenters. The number of hydrogen-bond donors (Lipinski definition) is 2. The molecule has 7 heteroatoms. The van der Waals surface area contributed by atoms with E-state index in [-0.39, 0.29) is 11.6 Å². The molecule has 0 aromatic heterocycles. The number of amides is 1. The maximum atomic E-state index is 12.2. The summed E-state index contributed by atoms with van der Waals surface area (Å²) in [4.78, 5) is 24.8. The van der Waals surface area contributed by atoms with Crippen molar-refractivity contribution in [3.05, 3.63) is 33.9 Å². The van der Waals surface area contributed by atoms with Gasteiger partial charge in [-0.3, -0.25) is 14.9 Å². The standard InChI is InChI=1S/C14H20N4O3/c1-15-13-5-4-11(18(20)21)10-12(13)14(19)16-6-9-17-7-2-3-8-17/h4-5,10,15H,2-3,6-9H2,1H3,(H,16,19). The van der Waals surface area contributed by atoms with Crippen molar-refractivity contribution < 1.29 is 9.72 Å². The molecular formula is C14H20N4O3. The summed E-state index contributed by atoms with van der Waals surface area (Å²) < 4.78 is 0. The minimum Gasteiger partial charge on any atom is -0.387 e. The number of nitrogens with zero attached hydrogens (tertiary/aromatic N) is 2. The van der Waals surface area contributed by atoms with Gasteiger partial charge < -0.3 is 15.5 Å². The number of anilines is 1. The van der Waals surface area contributed by atoms with Gasteiger partial charge in [0.2, 0.25) is 0 Å². The summed E-state index contributed by atoms with van der Waals surface area (Å²) in [5.74, 6) is -0.290. The van der Waals surface area contributed by atoms with Crippen LogP contribution in [0.2, 0.25) is 0 Å². The Hall–Kier alpha value is -2.15. The molecule has 0 spiro atoms. The number of nitrogens with one attached hydrogen (secondary N) is 2. The van der Waals surface area contributed by atoms with Gasteiger partial charge in [0.1, 0.15) is 0 Å². The smallest absolute Gasteiger partial charge is 0.270 e. The third kappa shape index (κ3) is 3.91. The molecule has 0 bridgehead atoms. The Kier molecular flexibility index (Phi) is 5.10.